The summed E-state index contributed by atoms with van der Waals surface area (Å²) in [6.45, 7) is 1.98. The molecule has 0 saturated carbocycles. The quantitative estimate of drug-likeness (QED) is 0.772. The zero-order valence-electron chi connectivity index (χ0n) is 8.99. The number of anilines is 1. The molecule has 0 aromatic heterocycles. The minimum atomic E-state index is -0.659. The van der Waals surface area contributed by atoms with Crippen molar-refractivity contribution in [3.05, 3.63) is 29.8 Å². The molecule has 3 nitrogen and oxygen atoms in total. The van der Waals surface area contributed by atoms with Gasteiger partial charge in [0.2, 0.25) is 5.91 Å². The van der Waals surface area contributed by atoms with Crippen LogP contribution in [0.5, 0.6) is 0 Å². The summed E-state index contributed by atoms with van der Waals surface area (Å²) in [5.41, 5.74) is 1.93. The van der Waals surface area contributed by atoms with Crippen LogP contribution in [0.3, 0.4) is 0 Å². The molecule has 0 bridgehead atoms. The molecule has 1 rings (SSSR count). The van der Waals surface area contributed by atoms with E-state index in [-0.39, 0.29) is 5.91 Å². The summed E-state index contributed by atoms with van der Waals surface area (Å²) in [6.07, 6.45) is 2.07. The average molecular weight is 226 g/mol. The van der Waals surface area contributed by atoms with Crippen LogP contribution in [0.1, 0.15) is 12.0 Å². The second-order valence-corrected chi connectivity index (χ2v) is 5.08. The lowest BCUT2D eigenvalue weighted by atomic mass is 10.2. The van der Waals surface area contributed by atoms with Crippen LogP contribution in [0.15, 0.2) is 24.3 Å². The van der Waals surface area contributed by atoms with Crippen molar-refractivity contribution in [2.24, 2.45) is 0 Å². The van der Waals surface area contributed by atoms with E-state index < -0.39 is 11.2 Å². The van der Waals surface area contributed by atoms with Gasteiger partial charge in [-0.05, 0) is 24.6 Å². The normalized spacial score (nSPS) is 12.2. The zero-order valence-corrected chi connectivity index (χ0v) is 9.80. The monoisotopic (exact) mass is 226 g/mol. The predicted molar refractivity (Wildman–Crippen MR) is 65.2 cm³/mol. The first-order chi connectivity index (χ1) is 7.08. The second-order valence-electron chi connectivity index (χ2n) is 3.47. The van der Waals surface area contributed by atoms with Gasteiger partial charge < -0.3 is 5.32 Å². The largest absolute Gasteiger partial charge is 0.326 e. The number of nitrogens with one attached hydrogen (secondary N) is 1. The Kier molecular flexibility index (Phi) is 4.65. The molecule has 1 aromatic carbocycles. The standard InChI is InChI=1S/C11H15NO2S/c1-9-4-3-5-10(8-9)12-11(13)6-7-15(2)14/h3-5,8,14H,6-7H2,1-2H3/p+1. The SMILES string of the molecule is Cc1cccc(NC(=O)CC[S+](C)O)c1. The number of amides is 1. The van der Waals surface area contributed by atoms with E-state index >= 15 is 0 Å². The summed E-state index contributed by atoms with van der Waals surface area (Å²) >= 11 is -0.659. The molecule has 15 heavy (non-hydrogen) atoms. The van der Waals surface area contributed by atoms with Crippen LogP contribution in [0.2, 0.25) is 0 Å². The van der Waals surface area contributed by atoms with Crippen molar-refractivity contribution in [1.29, 1.82) is 0 Å². The number of aryl methyl sites for hydroxylation is 1. The van der Waals surface area contributed by atoms with Crippen molar-refractivity contribution in [1.82, 2.24) is 0 Å². The Hall–Kier alpha value is -1.00. The van der Waals surface area contributed by atoms with Crippen LogP contribution in [0.25, 0.3) is 0 Å². The van der Waals surface area contributed by atoms with E-state index in [2.05, 4.69) is 5.32 Å². The van der Waals surface area contributed by atoms with Crippen molar-refractivity contribution >= 4 is 22.8 Å². The predicted octanol–water partition coefficient (Wildman–Crippen LogP) is 2.04. The Bertz CT molecular complexity index is 339. The highest BCUT2D eigenvalue weighted by Gasteiger charge is 2.10. The summed E-state index contributed by atoms with van der Waals surface area (Å²) in [6, 6.07) is 7.66. The fourth-order valence-electron chi connectivity index (χ4n) is 1.19. The molecule has 0 fully saturated rings. The number of rotatable bonds is 4. The van der Waals surface area contributed by atoms with E-state index in [1.54, 1.807) is 6.26 Å². The highest BCUT2D eigenvalue weighted by molar-refractivity contribution is 7.90. The van der Waals surface area contributed by atoms with Crippen molar-refractivity contribution < 1.29 is 9.35 Å². The van der Waals surface area contributed by atoms with Gasteiger partial charge in [0.05, 0.1) is 6.42 Å². The van der Waals surface area contributed by atoms with Crippen molar-refractivity contribution in [3.63, 3.8) is 0 Å². The van der Waals surface area contributed by atoms with E-state index in [1.807, 2.05) is 31.2 Å². The molecule has 0 saturated heterocycles. The highest BCUT2D eigenvalue weighted by Crippen LogP contribution is 2.09. The molecule has 0 aliphatic carbocycles. The highest BCUT2D eigenvalue weighted by atomic mass is 32.2. The lowest BCUT2D eigenvalue weighted by molar-refractivity contribution is -0.115. The zero-order chi connectivity index (χ0) is 11.3. The number of carbonyl (C=O) groups excluding carboxylic acids is 1. The van der Waals surface area contributed by atoms with Crippen LogP contribution >= 0.6 is 0 Å². The van der Waals surface area contributed by atoms with E-state index in [9.17, 15) is 4.79 Å². The molecule has 0 heterocycles. The van der Waals surface area contributed by atoms with Gasteiger partial charge in [-0.1, -0.05) is 12.1 Å². The van der Waals surface area contributed by atoms with Gasteiger partial charge >= 0.3 is 0 Å². The molecule has 1 amide bonds. The molecule has 1 aromatic rings. The first-order valence-corrected chi connectivity index (χ1v) is 6.52. The first-order valence-electron chi connectivity index (χ1n) is 4.76. The minimum Gasteiger partial charge on any atom is -0.326 e. The molecule has 0 aliphatic rings. The van der Waals surface area contributed by atoms with Gasteiger partial charge in [0.15, 0.2) is 0 Å². The molecule has 0 spiro atoms. The van der Waals surface area contributed by atoms with Crippen LogP contribution in [0.4, 0.5) is 5.69 Å². The van der Waals surface area contributed by atoms with Crippen LogP contribution < -0.4 is 5.32 Å². The fraction of sp³-hybridized carbons (Fsp3) is 0.364. The number of hydrogen-bond acceptors (Lipinski definition) is 2. The number of carbonyl (C=O) groups is 1. The van der Waals surface area contributed by atoms with E-state index in [4.69, 9.17) is 4.55 Å². The lowest BCUT2D eigenvalue weighted by Crippen LogP contribution is -2.16. The Morgan fingerprint density at radius 1 is 1.53 bits per heavy atom. The Balaban J connectivity index is 2.44. The van der Waals surface area contributed by atoms with Crippen LogP contribution in [-0.2, 0) is 16.0 Å². The van der Waals surface area contributed by atoms with Gasteiger partial charge in [-0.3, -0.25) is 4.79 Å². The lowest BCUT2D eigenvalue weighted by Gasteiger charge is -2.04. The smallest absolute Gasteiger partial charge is 0.229 e. The topological polar surface area (TPSA) is 49.3 Å². The Labute approximate surface area is 93.1 Å². The number of benzene rings is 1. The van der Waals surface area contributed by atoms with Crippen molar-refractivity contribution in [2.45, 2.75) is 13.3 Å². The third-order valence-corrected chi connectivity index (χ3v) is 2.72. The van der Waals surface area contributed by atoms with Gasteiger partial charge in [-0.15, -0.1) is 0 Å². The summed E-state index contributed by atoms with van der Waals surface area (Å²) < 4.78 is 9.06. The van der Waals surface area contributed by atoms with Gasteiger partial charge in [0.1, 0.15) is 23.2 Å². The Morgan fingerprint density at radius 3 is 2.87 bits per heavy atom. The van der Waals surface area contributed by atoms with Gasteiger partial charge in [-0.25, -0.2) is 0 Å². The maximum atomic E-state index is 11.4. The Morgan fingerprint density at radius 2 is 2.27 bits per heavy atom. The molecule has 82 valence electrons. The van der Waals surface area contributed by atoms with Gasteiger partial charge in [0.25, 0.3) is 0 Å². The third kappa shape index (κ3) is 4.85. The summed E-state index contributed by atoms with van der Waals surface area (Å²) in [7, 11) is 0. The molecule has 0 radical (unpaired) electrons. The van der Waals surface area contributed by atoms with Crippen molar-refractivity contribution in [3.8, 4) is 0 Å². The van der Waals surface area contributed by atoms with Crippen molar-refractivity contribution in [2.75, 3.05) is 17.3 Å². The van der Waals surface area contributed by atoms with E-state index in [0.29, 0.717) is 12.2 Å². The molecular formula is C11H16NO2S+. The minimum absolute atomic E-state index is 0.0472. The molecule has 4 heteroatoms. The molecule has 2 N–H and O–H groups in total. The second kappa shape index (κ2) is 5.78. The average Bonchev–Trinajstić information content (AvgIpc) is 2.15. The fourth-order valence-corrected chi connectivity index (χ4v) is 1.67. The first kappa shape index (κ1) is 12.1. The maximum Gasteiger partial charge on any atom is 0.229 e. The van der Waals surface area contributed by atoms with Gasteiger partial charge in [-0.2, -0.15) is 4.55 Å². The third-order valence-electron chi connectivity index (χ3n) is 1.93. The van der Waals surface area contributed by atoms with Crippen LogP contribution in [0, 0.1) is 6.92 Å². The summed E-state index contributed by atoms with van der Waals surface area (Å²) in [5, 5.41) is 2.79. The molecule has 1 atom stereocenters. The number of hydrogen-bond donors (Lipinski definition) is 2. The molecular weight excluding hydrogens is 210 g/mol. The maximum absolute atomic E-state index is 11.4. The van der Waals surface area contributed by atoms with E-state index in [0.717, 1.165) is 11.3 Å². The summed E-state index contributed by atoms with van der Waals surface area (Å²) in [5.74, 6) is 0.478. The molecule has 1 unspecified atom stereocenters. The van der Waals surface area contributed by atoms with Gasteiger partial charge in [0, 0.05) is 5.69 Å². The molecule has 0 aliphatic heterocycles. The van der Waals surface area contributed by atoms with E-state index in [1.165, 1.54) is 0 Å². The van der Waals surface area contributed by atoms with Crippen LogP contribution in [-0.4, -0.2) is 22.5 Å². The summed E-state index contributed by atoms with van der Waals surface area (Å²) in [4.78, 5) is 11.4.